The molecule has 1 atom stereocenters. The lowest BCUT2D eigenvalue weighted by Gasteiger charge is -2.37. The third-order valence-electron chi connectivity index (χ3n) is 2.05. The van der Waals surface area contributed by atoms with Crippen LogP contribution in [0.3, 0.4) is 0 Å². The van der Waals surface area contributed by atoms with Crippen LogP contribution < -0.4 is 0 Å². The van der Waals surface area contributed by atoms with Crippen molar-refractivity contribution in [3.63, 3.8) is 0 Å². The van der Waals surface area contributed by atoms with Gasteiger partial charge in [-0.1, -0.05) is 6.08 Å². The second kappa shape index (κ2) is 4.26. The van der Waals surface area contributed by atoms with Crippen molar-refractivity contribution in [2.24, 2.45) is 0 Å². The van der Waals surface area contributed by atoms with Gasteiger partial charge >= 0.3 is 5.97 Å². The monoisotopic (exact) mass is 169 g/mol. The van der Waals surface area contributed by atoms with E-state index < -0.39 is 0 Å². The lowest BCUT2D eigenvalue weighted by molar-refractivity contribution is -0.154. The molecule has 0 bridgehead atoms. The van der Waals surface area contributed by atoms with Crippen molar-refractivity contribution in [2.45, 2.75) is 19.4 Å². The normalized spacial score (nSPS) is 22.9. The van der Waals surface area contributed by atoms with Crippen molar-refractivity contribution in [2.75, 3.05) is 19.7 Å². The van der Waals surface area contributed by atoms with Gasteiger partial charge in [0.15, 0.2) is 0 Å². The first-order valence-electron chi connectivity index (χ1n) is 4.31. The maximum atomic E-state index is 11.2. The van der Waals surface area contributed by atoms with E-state index in [1.165, 1.54) is 0 Å². The molecule has 1 heterocycles. The van der Waals surface area contributed by atoms with Crippen LogP contribution in [-0.4, -0.2) is 36.6 Å². The molecule has 0 aromatic heterocycles. The predicted octanol–water partition coefficient (Wildman–Crippen LogP) is 0.810. The van der Waals surface area contributed by atoms with Crippen LogP contribution in [0.1, 0.15) is 13.3 Å². The summed E-state index contributed by atoms with van der Waals surface area (Å²) in [6.45, 7) is 7.69. The average molecular weight is 169 g/mol. The molecule has 1 saturated heterocycles. The van der Waals surface area contributed by atoms with E-state index in [9.17, 15) is 4.79 Å². The first-order valence-corrected chi connectivity index (χ1v) is 4.31. The summed E-state index contributed by atoms with van der Waals surface area (Å²) in [5.41, 5.74) is 0. The number of hydrogen-bond acceptors (Lipinski definition) is 3. The fraction of sp³-hybridized carbons (Fsp3) is 0.667. The van der Waals surface area contributed by atoms with E-state index in [-0.39, 0.29) is 12.0 Å². The molecule has 3 nitrogen and oxygen atoms in total. The van der Waals surface area contributed by atoms with Crippen molar-refractivity contribution in [3.05, 3.63) is 12.7 Å². The van der Waals surface area contributed by atoms with Crippen molar-refractivity contribution < 1.29 is 9.53 Å². The summed E-state index contributed by atoms with van der Waals surface area (Å²) in [7, 11) is 0. The third kappa shape index (κ3) is 1.85. The van der Waals surface area contributed by atoms with Crippen LogP contribution in [0.4, 0.5) is 0 Å². The topological polar surface area (TPSA) is 29.5 Å². The first kappa shape index (κ1) is 9.26. The number of ether oxygens (including phenoxy) is 1. The van der Waals surface area contributed by atoms with Crippen LogP contribution in [-0.2, 0) is 9.53 Å². The molecule has 1 aliphatic rings. The molecule has 0 spiro atoms. The largest absolute Gasteiger partial charge is 0.465 e. The van der Waals surface area contributed by atoms with E-state index in [4.69, 9.17) is 4.74 Å². The standard InChI is InChI=1S/C9H15NO2/c1-3-6-10-7-5-8(10)9(11)12-4-2/h3,8H,1,4-7H2,2H3. The Morgan fingerprint density at radius 3 is 3.00 bits per heavy atom. The zero-order valence-electron chi connectivity index (χ0n) is 7.45. The van der Waals surface area contributed by atoms with Crippen LogP contribution in [0.25, 0.3) is 0 Å². The summed E-state index contributed by atoms with van der Waals surface area (Å²) >= 11 is 0. The molecule has 68 valence electrons. The number of hydrogen-bond donors (Lipinski definition) is 0. The van der Waals surface area contributed by atoms with E-state index in [2.05, 4.69) is 11.5 Å². The first-order chi connectivity index (χ1) is 5.79. The molecule has 0 N–H and O–H groups in total. The van der Waals surface area contributed by atoms with Crippen LogP contribution in [0.5, 0.6) is 0 Å². The number of likely N-dealkylation sites (tertiary alicyclic amines) is 1. The van der Waals surface area contributed by atoms with Crippen LogP contribution in [0.2, 0.25) is 0 Å². The smallest absolute Gasteiger partial charge is 0.323 e. The molecule has 0 amide bonds. The highest BCUT2D eigenvalue weighted by Crippen LogP contribution is 2.17. The molecular weight excluding hydrogens is 154 g/mol. The van der Waals surface area contributed by atoms with Gasteiger partial charge < -0.3 is 4.74 Å². The Bertz CT molecular complexity index is 179. The Hall–Kier alpha value is -0.830. The molecule has 1 fully saturated rings. The van der Waals surface area contributed by atoms with Gasteiger partial charge in [0.25, 0.3) is 0 Å². The zero-order valence-corrected chi connectivity index (χ0v) is 7.45. The lowest BCUT2D eigenvalue weighted by Crippen LogP contribution is -2.52. The van der Waals surface area contributed by atoms with Gasteiger partial charge in [0.05, 0.1) is 6.61 Å². The molecule has 3 heteroatoms. The maximum absolute atomic E-state index is 11.2. The number of carbonyl (C=O) groups excluding carboxylic acids is 1. The Balaban J connectivity index is 2.32. The molecule has 12 heavy (non-hydrogen) atoms. The molecule has 1 unspecified atom stereocenters. The molecule has 0 aromatic carbocycles. The van der Waals surface area contributed by atoms with Gasteiger partial charge in [-0.15, -0.1) is 6.58 Å². The minimum absolute atomic E-state index is 0.0112. The SMILES string of the molecule is C=CCN1CCC1C(=O)OCC. The van der Waals surface area contributed by atoms with Gasteiger partial charge in [0, 0.05) is 13.1 Å². The maximum Gasteiger partial charge on any atom is 0.323 e. The number of esters is 1. The molecule has 0 aromatic rings. The molecule has 0 aliphatic carbocycles. The Labute approximate surface area is 73.0 Å². The highest BCUT2D eigenvalue weighted by molar-refractivity contribution is 5.76. The zero-order chi connectivity index (χ0) is 8.97. The summed E-state index contributed by atoms with van der Waals surface area (Å²) in [6.07, 6.45) is 2.73. The van der Waals surface area contributed by atoms with E-state index in [1.54, 1.807) is 0 Å². The average Bonchev–Trinajstić information content (AvgIpc) is 1.98. The summed E-state index contributed by atoms with van der Waals surface area (Å²) in [4.78, 5) is 13.3. The van der Waals surface area contributed by atoms with Crippen LogP contribution >= 0.6 is 0 Å². The number of rotatable bonds is 4. The minimum Gasteiger partial charge on any atom is -0.465 e. The Kier molecular flexibility index (Phi) is 3.29. The van der Waals surface area contributed by atoms with Crippen molar-refractivity contribution in [1.29, 1.82) is 0 Å². The van der Waals surface area contributed by atoms with Gasteiger partial charge in [-0.3, -0.25) is 9.69 Å². The van der Waals surface area contributed by atoms with Crippen molar-refractivity contribution in [3.8, 4) is 0 Å². The van der Waals surface area contributed by atoms with Crippen molar-refractivity contribution in [1.82, 2.24) is 4.90 Å². The quantitative estimate of drug-likeness (QED) is 0.460. The molecule has 1 aliphatic heterocycles. The van der Waals surface area contributed by atoms with Gasteiger partial charge in [0.1, 0.15) is 6.04 Å². The Morgan fingerprint density at radius 2 is 2.58 bits per heavy atom. The lowest BCUT2D eigenvalue weighted by atomic mass is 10.0. The highest BCUT2D eigenvalue weighted by Gasteiger charge is 2.33. The van der Waals surface area contributed by atoms with E-state index >= 15 is 0 Å². The molecule has 1 rings (SSSR count). The van der Waals surface area contributed by atoms with Gasteiger partial charge in [-0.05, 0) is 13.3 Å². The molecular formula is C9H15NO2. The van der Waals surface area contributed by atoms with Crippen LogP contribution in [0, 0.1) is 0 Å². The van der Waals surface area contributed by atoms with Gasteiger partial charge in [-0.2, -0.15) is 0 Å². The van der Waals surface area contributed by atoms with E-state index in [0.717, 1.165) is 19.5 Å². The number of nitrogens with zero attached hydrogens (tertiary/aromatic N) is 1. The summed E-state index contributed by atoms with van der Waals surface area (Å²) < 4.78 is 4.91. The van der Waals surface area contributed by atoms with Crippen molar-refractivity contribution >= 4 is 5.97 Å². The highest BCUT2D eigenvalue weighted by atomic mass is 16.5. The minimum atomic E-state index is -0.0920. The molecule has 0 saturated carbocycles. The fourth-order valence-corrected chi connectivity index (χ4v) is 1.33. The molecule has 0 radical (unpaired) electrons. The van der Waals surface area contributed by atoms with Gasteiger partial charge in [0.2, 0.25) is 0 Å². The summed E-state index contributed by atoms with van der Waals surface area (Å²) in [5, 5.41) is 0. The summed E-state index contributed by atoms with van der Waals surface area (Å²) in [5.74, 6) is -0.0920. The third-order valence-corrected chi connectivity index (χ3v) is 2.05. The van der Waals surface area contributed by atoms with E-state index in [0.29, 0.717) is 6.61 Å². The number of carbonyl (C=O) groups is 1. The predicted molar refractivity (Wildman–Crippen MR) is 46.8 cm³/mol. The fourth-order valence-electron chi connectivity index (χ4n) is 1.33. The summed E-state index contributed by atoms with van der Waals surface area (Å²) in [6, 6.07) is -0.0112. The Morgan fingerprint density at radius 1 is 1.83 bits per heavy atom. The van der Waals surface area contributed by atoms with E-state index in [1.807, 2.05) is 13.0 Å². The second-order valence-electron chi connectivity index (χ2n) is 2.84. The van der Waals surface area contributed by atoms with Crippen LogP contribution in [0.15, 0.2) is 12.7 Å². The second-order valence-corrected chi connectivity index (χ2v) is 2.84. The van der Waals surface area contributed by atoms with Gasteiger partial charge in [-0.25, -0.2) is 0 Å².